The van der Waals surface area contributed by atoms with Crippen molar-refractivity contribution in [1.29, 1.82) is 0 Å². The van der Waals surface area contributed by atoms with Crippen molar-refractivity contribution in [3.05, 3.63) is 65.5 Å². The maximum atomic E-state index is 5.41. The van der Waals surface area contributed by atoms with E-state index in [1.807, 2.05) is 30.3 Å². The van der Waals surface area contributed by atoms with Gasteiger partial charge in [0.05, 0.1) is 6.54 Å². The number of hydrogen-bond acceptors (Lipinski definition) is 4. The fraction of sp³-hybridized carbons (Fsp3) is 0.263. The van der Waals surface area contributed by atoms with Crippen molar-refractivity contribution in [3.63, 3.8) is 0 Å². The molecule has 1 aliphatic heterocycles. The van der Waals surface area contributed by atoms with E-state index >= 15 is 0 Å². The first-order chi connectivity index (χ1) is 11.3. The predicted octanol–water partition coefficient (Wildman–Crippen LogP) is 4.00. The average Bonchev–Trinajstić information content (AvgIpc) is 3.04. The summed E-state index contributed by atoms with van der Waals surface area (Å²) in [6, 6.07) is 16.6. The molecule has 4 heteroatoms. The Morgan fingerprint density at radius 1 is 1.13 bits per heavy atom. The SMILES string of the molecule is Cc1ccc2c(c1)CCCN2Cc1noc(-c2ccccc2)n1. The molecule has 0 spiro atoms. The number of aromatic nitrogens is 2. The second-order valence-electron chi connectivity index (χ2n) is 6.04. The maximum Gasteiger partial charge on any atom is 0.257 e. The molecular formula is C19H19N3O. The van der Waals surface area contributed by atoms with Gasteiger partial charge in [-0.3, -0.25) is 0 Å². The highest BCUT2D eigenvalue weighted by Gasteiger charge is 2.19. The van der Waals surface area contributed by atoms with E-state index in [0.29, 0.717) is 12.4 Å². The van der Waals surface area contributed by atoms with Gasteiger partial charge in [-0.2, -0.15) is 4.98 Å². The standard InChI is InChI=1S/C19H19N3O/c1-14-9-10-17-16(12-14)8-5-11-22(17)13-18-20-19(23-21-18)15-6-3-2-4-7-15/h2-4,6-7,9-10,12H,5,8,11,13H2,1H3. The van der Waals surface area contributed by atoms with Gasteiger partial charge in [0.2, 0.25) is 0 Å². The van der Waals surface area contributed by atoms with Crippen LogP contribution in [0.4, 0.5) is 5.69 Å². The van der Waals surface area contributed by atoms with E-state index in [4.69, 9.17) is 4.52 Å². The molecular weight excluding hydrogens is 286 g/mol. The van der Waals surface area contributed by atoms with E-state index in [2.05, 4.69) is 40.2 Å². The molecule has 0 atom stereocenters. The Labute approximate surface area is 135 Å². The van der Waals surface area contributed by atoms with Crippen LogP contribution in [-0.4, -0.2) is 16.7 Å². The van der Waals surface area contributed by atoms with Crippen molar-refractivity contribution in [2.75, 3.05) is 11.4 Å². The Balaban J connectivity index is 1.57. The summed E-state index contributed by atoms with van der Waals surface area (Å²) >= 11 is 0. The van der Waals surface area contributed by atoms with Crippen LogP contribution in [0.5, 0.6) is 0 Å². The van der Waals surface area contributed by atoms with Gasteiger partial charge in [-0.1, -0.05) is 41.1 Å². The maximum absolute atomic E-state index is 5.41. The molecule has 0 fully saturated rings. The second kappa shape index (κ2) is 5.88. The Hall–Kier alpha value is -2.62. The van der Waals surface area contributed by atoms with Crippen LogP contribution in [0.15, 0.2) is 53.1 Å². The number of aryl methyl sites for hydroxylation is 2. The van der Waals surface area contributed by atoms with Gasteiger partial charge in [0.15, 0.2) is 5.82 Å². The number of anilines is 1. The van der Waals surface area contributed by atoms with Crippen LogP contribution in [0.3, 0.4) is 0 Å². The minimum Gasteiger partial charge on any atom is -0.364 e. The van der Waals surface area contributed by atoms with Gasteiger partial charge >= 0.3 is 0 Å². The van der Waals surface area contributed by atoms with E-state index in [1.54, 1.807) is 0 Å². The highest BCUT2D eigenvalue weighted by atomic mass is 16.5. The van der Waals surface area contributed by atoms with Gasteiger partial charge < -0.3 is 9.42 Å². The quantitative estimate of drug-likeness (QED) is 0.733. The van der Waals surface area contributed by atoms with Gasteiger partial charge in [0.1, 0.15) is 0 Å². The third-order valence-electron chi connectivity index (χ3n) is 4.27. The first kappa shape index (κ1) is 14.0. The number of rotatable bonds is 3. The molecule has 0 bridgehead atoms. The van der Waals surface area contributed by atoms with E-state index in [0.717, 1.165) is 24.4 Å². The second-order valence-corrected chi connectivity index (χ2v) is 6.04. The molecule has 1 aliphatic rings. The van der Waals surface area contributed by atoms with Crippen LogP contribution in [0.1, 0.15) is 23.4 Å². The minimum absolute atomic E-state index is 0.585. The predicted molar refractivity (Wildman–Crippen MR) is 90.3 cm³/mol. The fourth-order valence-electron chi connectivity index (χ4n) is 3.15. The average molecular weight is 305 g/mol. The van der Waals surface area contributed by atoms with Crippen LogP contribution < -0.4 is 4.90 Å². The Morgan fingerprint density at radius 3 is 2.87 bits per heavy atom. The van der Waals surface area contributed by atoms with Crippen LogP contribution in [0.25, 0.3) is 11.5 Å². The van der Waals surface area contributed by atoms with Crippen molar-refractivity contribution in [1.82, 2.24) is 10.1 Å². The molecule has 23 heavy (non-hydrogen) atoms. The lowest BCUT2D eigenvalue weighted by Crippen LogP contribution is -2.29. The van der Waals surface area contributed by atoms with E-state index < -0.39 is 0 Å². The highest BCUT2D eigenvalue weighted by molar-refractivity contribution is 5.57. The number of benzene rings is 2. The molecule has 4 rings (SSSR count). The molecule has 0 saturated heterocycles. The van der Waals surface area contributed by atoms with E-state index in [1.165, 1.54) is 23.2 Å². The molecule has 0 unspecified atom stereocenters. The number of fused-ring (bicyclic) bond motifs is 1. The first-order valence-corrected chi connectivity index (χ1v) is 8.02. The largest absolute Gasteiger partial charge is 0.364 e. The normalized spacial score (nSPS) is 13.9. The van der Waals surface area contributed by atoms with Crippen LogP contribution in [-0.2, 0) is 13.0 Å². The Morgan fingerprint density at radius 2 is 2.00 bits per heavy atom. The first-order valence-electron chi connectivity index (χ1n) is 8.02. The summed E-state index contributed by atoms with van der Waals surface area (Å²) in [6.07, 6.45) is 2.31. The van der Waals surface area contributed by atoms with Crippen molar-refractivity contribution in [2.24, 2.45) is 0 Å². The van der Waals surface area contributed by atoms with Gasteiger partial charge in [0, 0.05) is 17.8 Å². The molecule has 0 radical (unpaired) electrons. The summed E-state index contributed by atoms with van der Waals surface area (Å²) in [5, 5.41) is 4.15. The van der Waals surface area contributed by atoms with Gasteiger partial charge in [-0.05, 0) is 43.5 Å². The molecule has 2 aromatic carbocycles. The summed E-state index contributed by atoms with van der Waals surface area (Å²) in [7, 11) is 0. The molecule has 116 valence electrons. The molecule has 0 saturated carbocycles. The molecule has 2 heterocycles. The summed E-state index contributed by atoms with van der Waals surface area (Å²) in [4.78, 5) is 6.89. The van der Waals surface area contributed by atoms with Crippen molar-refractivity contribution < 1.29 is 4.52 Å². The lowest BCUT2D eigenvalue weighted by molar-refractivity contribution is 0.421. The van der Waals surface area contributed by atoms with Gasteiger partial charge in [0.25, 0.3) is 5.89 Å². The molecule has 3 aromatic rings. The third-order valence-corrected chi connectivity index (χ3v) is 4.27. The summed E-state index contributed by atoms with van der Waals surface area (Å²) in [5.41, 5.74) is 4.99. The lowest BCUT2D eigenvalue weighted by atomic mass is 9.99. The van der Waals surface area contributed by atoms with Crippen LogP contribution in [0, 0.1) is 6.92 Å². The van der Waals surface area contributed by atoms with Crippen LogP contribution >= 0.6 is 0 Å². The molecule has 1 aromatic heterocycles. The zero-order valence-electron chi connectivity index (χ0n) is 13.2. The Kier molecular flexibility index (Phi) is 3.58. The molecule has 0 amide bonds. The Bertz CT molecular complexity index is 810. The topological polar surface area (TPSA) is 42.2 Å². The number of nitrogens with zero attached hydrogens (tertiary/aromatic N) is 3. The summed E-state index contributed by atoms with van der Waals surface area (Å²) in [6.45, 7) is 3.86. The lowest BCUT2D eigenvalue weighted by Gasteiger charge is -2.30. The summed E-state index contributed by atoms with van der Waals surface area (Å²) in [5.74, 6) is 1.32. The fourth-order valence-corrected chi connectivity index (χ4v) is 3.15. The third kappa shape index (κ3) is 2.84. The monoisotopic (exact) mass is 305 g/mol. The number of hydrogen-bond donors (Lipinski definition) is 0. The van der Waals surface area contributed by atoms with Crippen molar-refractivity contribution >= 4 is 5.69 Å². The van der Waals surface area contributed by atoms with Crippen LogP contribution in [0.2, 0.25) is 0 Å². The van der Waals surface area contributed by atoms with E-state index in [9.17, 15) is 0 Å². The minimum atomic E-state index is 0.585. The molecule has 4 nitrogen and oxygen atoms in total. The van der Waals surface area contributed by atoms with Crippen molar-refractivity contribution in [3.8, 4) is 11.5 Å². The van der Waals surface area contributed by atoms with Gasteiger partial charge in [-0.15, -0.1) is 0 Å². The summed E-state index contributed by atoms with van der Waals surface area (Å²) < 4.78 is 5.41. The molecule has 0 N–H and O–H groups in total. The van der Waals surface area contributed by atoms with Gasteiger partial charge in [-0.25, -0.2) is 0 Å². The van der Waals surface area contributed by atoms with E-state index in [-0.39, 0.29) is 0 Å². The zero-order chi connectivity index (χ0) is 15.6. The smallest absolute Gasteiger partial charge is 0.257 e. The highest BCUT2D eigenvalue weighted by Crippen LogP contribution is 2.29. The zero-order valence-corrected chi connectivity index (χ0v) is 13.2. The molecule has 0 aliphatic carbocycles. The van der Waals surface area contributed by atoms with Crippen molar-refractivity contribution in [2.45, 2.75) is 26.3 Å².